The predicted molar refractivity (Wildman–Crippen MR) is 84.6 cm³/mol. The first-order chi connectivity index (χ1) is 9.47. The van der Waals surface area contributed by atoms with Crippen LogP contribution in [-0.4, -0.2) is 21.6 Å². The zero-order valence-electron chi connectivity index (χ0n) is 13.6. The second-order valence-corrected chi connectivity index (χ2v) is 7.53. The third-order valence-electron chi connectivity index (χ3n) is 4.82. The molecule has 0 radical (unpaired) electrons. The van der Waals surface area contributed by atoms with E-state index in [2.05, 4.69) is 48.8 Å². The Hall–Kier alpha value is -0.830. The maximum absolute atomic E-state index is 4.16. The van der Waals surface area contributed by atoms with Crippen molar-refractivity contribution in [2.75, 3.05) is 0 Å². The molecule has 3 nitrogen and oxygen atoms in total. The van der Waals surface area contributed by atoms with Crippen LogP contribution < -0.4 is 5.32 Å². The lowest BCUT2D eigenvalue weighted by Crippen LogP contribution is -2.49. The molecule has 0 amide bonds. The largest absolute Gasteiger partial charge is 0.336 e. The summed E-state index contributed by atoms with van der Waals surface area (Å²) in [5.41, 5.74) is 0.257. The van der Waals surface area contributed by atoms with E-state index in [9.17, 15) is 0 Å². The Balaban J connectivity index is 1.96. The number of hydrogen-bond acceptors (Lipinski definition) is 2. The monoisotopic (exact) mass is 277 g/mol. The van der Waals surface area contributed by atoms with Crippen molar-refractivity contribution in [3.05, 3.63) is 18.7 Å². The van der Waals surface area contributed by atoms with Crippen LogP contribution >= 0.6 is 0 Å². The van der Waals surface area contributed by atoms with Gasteiger partial charge in [0.1, 0.15) is 0 Å². The Morgan fingerprint density at radius 1 is 1.25 bits per heavy atom. The molecule has 20 heavy (non-hydrogen) atoms. The number of nitrogens with zero attached hydrogens (tertiary/aromatic N) is 2. The summed E-state index contributed by atoms with van der Waals surface area (Å²) >= 11 is 0. The quantitative estimate of drug-likeness (QED) is 0.886. The van der Waals surface area contributed by atoms with E-state index < -0.39 is 0 Å². The van der Waals surface area contributed by atoms with Crippen LogP contribution in [0.25, 0.3) is 0 Å². The van der Waals surface area contributed by atoms with Crippen LogP contribution in [0.15, 0.2) is 18.7 Å². The first-order valence-electron chi connectivity index (χ1n) is 8.18. The molecule has 1 N–H and O–H groups in total. The van der Waals surface area contributed by atoms with Crippen molar-refractivity contribution in [3.63, 3.8) is 0 Å². The highest BCUT2D eigenvalue weighted by atomic mass is 15.1. The standard InChI is InChI=1S/C17H31N3/c1-14(15-8-6-5-7-9-15)19-16(17(2,3)4)12-20-11-10-18-13-20/h10-11,13-16,19H,5-9,12H2,1-4H3. The summed E-state index contributed by atoms with van der Waals surface area (Å²) in [5, 5.41) is 3.92. The minimum atomic E-state index is 0.257. The summed E-state index contributed by atoms with van der Waals surface area (Å²) in [7, 11) is 0. The number of aromatic nitrogens is 2. The highest BCUT2D eigenvalue weighted by molar-refractivity contribution is 4.88. The third-order valence-corrected chi connectivity index (χ3v) is 4.82. The highest BCUT2D eigenvalue weighted by Gasteiger charge is 2.29. The topological polar surface area (TPSA) is 29.9 Å². The molecule has 2 unspecified atom stereocenters. The molecule has 0 aliphatic heterocycles. The van der Waals surface area contributed by atoms with Gasteiger partial charge in [-0.15, -0.1) is 0 Å². The lowest BCUT2D eigenvalue weighted by Gasteiger charge is -2.37. The molecule has 2 atom stereocenters. The first-order valence-corrected chi connectivity index (χ1v) is 8.18. The van der Waals surface area contributed by atoms with Gasteiger partial charge in [-0.25, -0.2) is 4.98 Å². The number of nitrogens with one attached hydrogen (secondary N) is 1. The normalized spacial score (nSPS) is 20.8. The van der Waals surface area contributed by atoms with Crippen LogP contribution in [0.1, 0.15) is 59.8 Å². The Bertz CT molecular complexity index is 371. The van der Waals surface area contributed by atoms with Crippen LogP contribution in [0.2, 0.25) is 0 Å². The zero-order valence-corrected chi connectivity index (χ0v) is 13.6. The van der Waals surface area contributed by atoms with Crippen molar-refractivity contribution < 1.29 is 0 Å². The minimum absolute atomic E-state index is 0.257. The Morgan fingerprint density at radius 2 is 1.95 bits per heavy atom. The molecule has 1 aliphatic rings. The van der Waals surface area contributed by atoms with Gasteiger partial charge in [-0.3, -0.25) is 0 Å². The van der Waals surface area contributed by atoms with Gasteiger partial charge in [0, 0.05) is 31.0 Å². The first kappa shape index (κ1) is 15.6. The zero-order chi connectivity index (χ0) is 14.6. The minimum Gasteiger partial charge on any atom is -0.336 e. The summed E-state index contributed by atoms with van der Waals surface area (Å²) in [4.78, 5) is 4.16. The molecule has 1 aromatic rings. The van der Waals surface area contributed by atoms with Gasteiger partial charge in [-0.1, -0.05) is 40.0 Å². The van der Waals surface area contributed by atoms with Gasteiger partial charge in [-0.2, -0.15) is 0 Å². The maximum Gasteiger partial charge on any atom is 0.0946 e. The second kappa shape index (κ2) is 6.75. The number of hydrogen-bond donors (Lipinski definition) is 1. The molecule has 2 rings (SSSR count). The van der Waals surface area contributed by atoms with Gasteiger partial charge >= 0.3 is 0 Å². The predicted octanol–water partition coefficient (Wildman–Crippen LogP) is 3.86. The third kappa shape index (κ3) is 4.34. The number of imidazole rings is 1. The van der Waals surface area contributed by atoms with Crippen LogP contribution in [-0.2, 0) is 6.54 Å². The van der Waals surface area contributed by atoms with Gasteiger partial charge in [0.15, 0.2) is 0 Å². The van der Waals surface area contributed by atoms with Gasteiger partial charge in [0.2, 0.25) is 0 Å². The van der Waals surface area contributed by atoms with Crippen molar-refractivity contribution in [3.8, 4) is 0 Å². The van der Waals surface area contributed by atoms with E-state index in [1.165, 1.54) is 32.1 Å². The molecule has 0 bridgehead atoms. The lowest BCUT2D eigenvalue weighted by molar-refractivity contribution is 0.185. The molecular formula is C17H31N3. The van der Waals surface area contributed by atoms with E-state index in [0.717, 1.165) is 12.5 Å². The van der Waals surface area contributed by atoms with E-state index in [4.69, 9.17) is 0 Å². The lowest BCUT2D eigenvalue weighted by atomic mass is 9.81. The molecule has 114 valence electrons. The Morgan fingerprint density at radius 3 is 2.50 bits per heavy atom. The molecule has 1 fully saturated rings. The average Bonchev–Trinajstić information content (AvgIpc) is 2.91. The van der Waals surface area contributed by atoms with E-state index in [-0.39, 0.29) is 5.41 Å². The van der Waals surface area contributed by atoms with Crippen molar-refractivity contribution in [1.82, 2.24) is 14.9 Å². The van der Waals surface area contributed by atoms with Gasteiger partial charge in [-0.05, 0) is 31.1 Å². The van der Waals surface area contributed by atoms with Crippen LogP contribution in [0.5, 0.6) is 0 Å². The van der Waals surface area contributed by atoms with E-state index in [0.29, 0.717) is 12.1 Å². The molecule has 3 heteroatoms. The Kier molecular flexibility index (Phi) is 5.25. The summed E-state index contributed by atoms with van der Waals surface area (Å²) in [6.07, 6.45) is 12.9. The molecule has 1 saturated carbocycles. The van der Waals surface area contributed by atoms with Crippen LogP contribution in [0.3, 0.4) is 0 Å². The highest BCUT2D eigenvalue weighted by Crippen LogP contribution is 2.28. The summed E-state index contributed by atoms with van der Waals surface area (Å²) < 4.78 is 2.19. The van der Waals surface area contributed by atoms with Crippen molar-refractivity contribution in [2.24, 2.45) is 11.3 Å². The molecule has 1 aliphatic carbocycles. The van der Waals surface area contributed by atoms with Gasteiger partial charge in [0.05, 0.1) is 6.33 Å². The molecule has 0 saturated heterocycles. The van der Waals surface area contributed by atoms with Crippen LogP contribution in [0, 0.1) is 11.3 Å². The SMILES string of the molecule is CC(NC(Cn1ccnc1)C(C)(C)C)C1CCCCC1. The van der Waals surface area contributed by atoms with Crippen LogP contribution in [0.4, 0.5) is 0 Å². The van der Waals surface area contributed by atoms with E-state index >= 15 is 0 Å². The molecule has 1 heterocycles. The van der Waals surface area contributed by atoms with Gasteiger partial charge < -0.3 is 9.88 Å². The maximum atomic E-state index is 4.16. The van der Waals surface area contributed by atoms with Crippen molar-refractivity contribution >= 4 is 0 Å². The van der Waals surface area contributed by atoms with Gasteiger partial charge in [0.25, 0.3) is 0 Å². The summed E-state index contributed by atoms with van der Waals surface area (Å²) in [6.45, 7) is 10.4. The van der Waals surface area contributed by atoms with E-state index in [1.807, 2.05) is 12.5 Å². The fraction of sp³-hybridized carbons (Fsp3) is 0.824. The average molecular weight is 277 g/mol. The fourth-order valence-corrected chi connectivity index (χ4v) is 3.27. The molecular weight excluding hydrogens is 246 g/mol. The summed E-state index contributed by atoms with van der Waals surface area (Å²) in [5.74, 6) is 0.858. The van der Waals surface area contributed by atoms with E-state index in [1.54, 1.807) is 0 Å². The second-order valence-electron chi connectivity index (χ2n) is 7.53. The Labute approximate surface area is 124 Å². The molecule has 0 spiro atoms. The molecule has 1 aromatic heterocycles. The summed E-state index contributed by atoms with van der Waals surface area (Å²) in [6, 6.07) is 1.09. The smallest absolute Gasteiger partial charge is 0.0946 e. The van der Waals surface area contributed by atoms with Crippen molar-refractivity contribution in [1.29, 1.82) is 0 Å². The molecule has 0 aromatic carbocycles. The fourth-order valence-electron chi connectivity index (χ4n) is 3.27. The van der Waals surface area contributed by atoms with Crippen molar-refractivity contribution in [2.45, 2.75) is 78.4 Å². The number of rotatable bonds is 5.